The molecular formula is C19H19NO4. The van der Waals surface area contributed by atoms with Crippen LogP contribution in [0.25, 0.3) is 0 Å². The van der Waals surface area contributed by atoms with Crippen molar-refractivity contribution in [2.75, 3.05) is 6.54 Å². The third kappa shape index (κ3) is 4.98. The molecule has 0 aliphatic carbocycles. The lowest BCUT2D eigenvalue weighted by Gasteiger charge is -2.13. The molecule has 0 saturated heterocycles. The van der Waals surface area contributed by atoms with E-state index >= 15 is 0 Å². The zero-order valence-electron chi connectivity index (χ0n) is 13.4. The van der Waals surface area contributed by atoms with Gasteiger partial charge >= 0.3 is 5.97 Å². The highest BCUT2D eigenvalue weighted by Crippen LogP contribution is 2.22. The smallest absolute Gasteiger partial charge is 0.339 e. The highest BCUT2D eigenvalue weighted by Gasteiger charge is 2.18. The number of nitrogens with one attached hydrogen (secondary N) is 1. The van der Waals surface area contributed by atoms with Crippen molar-refractivity contribution >= 4 is 11.9 Å². The SMILES string of the molecule is C=CCNC(=O)C(C)OC(=O)c1cccc(Oc2ccccc2)c1. The molecule has 2 aromatic rings. The molecule has 0 bridgehead atoms. The fourth-order valence-electron chi connectivity index (χ4n) is 1.91. The van der Waals surface area contributed by atoms with Crippen LogP contribution in [0, 0.1) is 0 Å². The third-order valence-electron chi connectivity index (χ3n) is 3.12. The summed E-state index contributed by atoms with van der Waals surface area (Å²) in [4.78, 5) is 23.9. The molecule has 1 amide bonds. The molecule has 24 heavy (non-hydrogen) atoms. The van der Waals surface area contributed by atoms with Crippen LogP contribution in [0.2, 0.25) is 0 Å². The Morgan fingerprint density at radius 3 is 2.54 bits per heavy atom. The first kappa shape index (κ1) is 17.3. The lowest BCUT2D eigenvalue weighted by atomic mass is 10.2. The fourth-order valence-corrected chi connectivity index (χ4v) is 1.91. The minimum atomic E-state index is -0.892. The van der Waals surface area contributed by atoms with Gasteiger partial charge in [0.05, 0.1) is 5.56 Å². The molecule has 1 unspecified atom stereocenters. The standard InChI is InChI=1S/C19H19NO4/c1-3-12-20-18(21)14(2)23-19(22)15-8-7-11-17(13-15)24-16-9-5-4-6-10-16/h3-11,13-14H,1,12H2,2H3,(H,20,21). The van der Waals surface area contributed by atoms with Gasteiger partial charge in [-0.15, -0.1) is 6.58 Å². The van der Waals surface area contributed by atoms with Crippen molar-refractivity contribution in [2.24, 2.45) is 0 Å². The summed E-state index contributed by atoms with van der Waals surface area (Å²) in [7, 11) is 0. The van der Waals surface area contributed by atoms with Crippen LogP contribution in [-0.2, 0) is 9.53 Å². The summed E-state index contributed by atoms with van der Waals surface area (Å²) in [6, 6.07) is 15.8. The lowest BCUT2D eigenvalue weighted by Crippen LogP contribution is -2.35. The van der Waals surface area contributed by atoms with E-state index in [-0.39, 0.29) is 5.91 Å². The number of esters is 1. The van der Waals surface area contributed by atoms with Gasteiger partial charge in [0.1, 0.15) is 11.5 Å². The number of amides is 1. The van der Waals surface area contributed by atoms with E-state index in [1.165, 1.54) is 6.92 Å². The van der Waals surface area contributed by atoms with Gasteiger partial charge in [-0.05, 0) is 37.3 Å². The Hall–Kier alpha value is -3.08. The number of ether oxygens (including phenoxy) is 2. The molecule has 0 heterocycles. The molecule has 0 fully saturated rings. The number of rotatable bonds is 7. The number of hydrogen-bond acceptors (Lipinski definition) is 4. The van der Waals surface area contributed by atoms with Crippen LogP contribution in [0.5, 0.6) is 11.5 Å². The maximum absolute atomic E-state index is 12.2. The highest BCUT2D eigenvalue weighted by atomic mass is 16.5. The van der Waals surface area contributed by atoms with Crippen molar-refractivity contribution in [1.82, 2.24) is 5.32 Å². The number of carbonyl (C=O) groups excluding carboxylic acids is 2. The summed E-state index contributed by atoms with van der Waals surface area (Å²) >= 11 is 0. The summed E-state index contributed by atoms with van der Waals surface area (Å²) in [6.45, 7) is 5.34. The van der Waals surface area contributed by atoms with E-state index in [9.17, 15) is 9.59 Å². The highest BCUT2D eigenvalue weighted by molar-refractivity contribution is 5.92. The maximum atomic E-state index is 12.2. The molecule has 0 aromatic heterocycles. The minimum absolute atomic E-state index is 0.312. The summed E-state index contributed by atoms with van der Waals surface area (Å²) in [5, 5.41) is 2.57. The molecule has 124 valence electrons. The fraction of sp³-hybridized carbons (Fsp3) is 0.158. The second-order valence-corrected chi connectivity index (χ2v) is 5.02. The van der Waals surface area contributed by atoms with E-state index in [1.54, 1.807) is 30.3 Å². The van der Waals surface area contributed by atoms with Crippen LogP contribution >= 0.6 is 0 Å². The zero-order chi connectivity index (χ0) is 17.4. The van der Waals surface area contributed by atoms with E-state index in [2.05, 4.69) is 11.9 Å². The topological polar surface area (TPSA) is 64.6 Å². The molecule has 5 heteroatoms. The third-order valence-corrected chi connectivity index (χ3v) is 3.12. The molecule has 0 aliphatic heterocycles. The van der Waals surface area contributed by atoms with Crippen molar-refractivity contribution < 1.29 is 19.1 Å². The summed E-state index contributed by atoms with van der Waals surface area (Å²) < 4.78 is 10.8. The number of carbonyl (C=O) groups is 2. The quantitative estimate of drug-likeness (QED) is 0.626. The molecule has 2 rings (SSSR count). The van der Waals surface area contributed by atoms with Gasteiger partial charge in [0.15, 0.2) is 6.10 Å². The molecule has 0 aliphatic rings. The monoisotopic (exact) mass is 325 g/mol. The molecule has 2 aromatic carbocycles. The Balaban J connectivity index is 2.01. The summed E-state index contributed by atoms with van der Waals surface area (Å²) in [6.07, 6.45) is 0.660. The molecule has 0 spiro atoms. The maximum Gasteiger partial charge on any atom is 0.339 e. The first-order chi connectivity index (χ1) is 11.6. The first-order valence-corrected chi connectivity index (χ1v) is 7.52. The molecule has 1 atom stereocenters. The minimum Gasteiger partial charge on any atom is -0.457 e. The second kappa shape index (κ2) is 8.53. The predicted octanol–water partition coefficient (Wildman–Crippen LogP) is 3.33. The average molecular weight is 325 g/mol. The van der Waals surface area contributed by atoms with Gasteiger partial charge in [0.2, 0.25) is 0 Å². The van der Waals surface area contributed by atoms with Gasteiger partial charge in [-0.1, -0.05) is 30.3 Å². The number of para-hydroxylation sites is 1. The summed E-state index contributed by atoms with van der Waals surface area (Å²) in [5.74, 6) is 0.217. The molecular weight excluding hydrogens is 306 g/mol. The second-order valence-electron chi connectivity index (χ2n) is 5.02. The Kier molecular flexibility index (Phi) is 6.14. The molecule has 0 radical (unpaired) electrons. The Morgan fingerprint density at radius 1 is 1.12 bits per heavy atom. The molecule has 5 nitrogen and oxygen atoms in total. The van der Waals surface area contributed by atoms with Gasteiger partial charge < -0.3 is 14.8 Å². The normalized spacial score (nSPS) is 11.2. The summed E-state index contributed by atoms with van der Waals surface area (Å²) in [5.41, 5.74) is 0.312. The van der Waals surface area contributed by atoms with E-state index in [0.29, 0.717) is 23.6 Å². The first-order valence-electron chi connectivity index (χ1n) is 7.52. The van der Waals surface area contributed by atoms with Gasteiger partial charge in [0.25, 0.3) is 5.91 Å². The van der Waals surface area contributed by atoms with Crippen molar-refractivity contribution in [2.45, 2.75) is 13.0 Å². The Morgan fingerprint density at radius 2 is 1.83 bits per heavy atom. The largest absolute Gasteiger partial charge is 0.457 e. The van der Waals surface area contributed by atoms with Gasteiger partial charge in [0, 0.05) is 6.54 Å². The van der Waals surface area contributed by atoms with Crippen LogP contribution in [0.3, 0.4) is 0 Å². The van der Waals surface area contributed by atoms with Crippen molar-refractivity contribution in [3.63, 3.8) is 0 Å². The lowest BCUT2D eigenvalue weighted by molar-refractivity contribution is -0.128. The van der Waals surface area contributed by atoms with E-state index in [1.807, 2.05) is 30.3 Å². The van der Waals surface area contributed by atoms with Crippen LogP contribution < -0.4 is 10.1 Å². The molecule has 1 N–H and O–H groups in total. The van der Waals surface area contributed by atoms with Gasteiger partial charge in [-0.25, -0.2) is 4.79 Å². The zero-order valence-corrected chi connectivity index (χ0v) is 13.4. The van der Waals surface area contributed by atoms with Crippen molar-refractivity contribution in [3.8, 4) is 11.5 Å². The van der Waals surface area contributed by atoms with E-state index in [0.717, 1.165) is 0 Å². The number of hydrogen-bond donors (Lipinski definition) is 1. The Labute approximate surface area is 140 Å². The molecule has 0 saturated carbocycles. The van der Waals surface area contributed by atoms with Crippen LogP contribution in [0.4, 0.5) is 0 Å². The van der Waals surface area contributed by atoms with E-state index in [4.69, 9.17) is 9.47 Å². The number of benzene rings is 2. The van der Waals surface area contributed by atoms with E-state index < -0.39 is 12.1 Å². The van der Waals surface area contributed by atoms with Crippen LogP contribution in [0.1, 0.15) is 17.3 Å². The Bertz CT molecular complexity index is 712. The van der Waals surface area contributed by atoms with Crippen molar-refractivity contribution in [1.29, 1.82) is 0 Å². The van der Waals surface area contributed by atoms with Crippen LogP contribution in [0.15, 0.2) is 67.3 Å². The van der Waals surface area contributed by atoms with Gasteiger partial charge in [-0.2, -0.15) is 0 Å². The van der Waals surface area contributed by atoms with Crippen LogP contribution in [-0.4, -0.2) is 24.5 Å². The van der Waals surface area contributed by atoms with Gasteiger partial charge in [-0.3, -0.25) is 4.79 Å². The predicted molar refractivity (Wildman–Crippen MR) is 91.0 cm³/mol. The average Bonchev–Trinajstić information content (AvgIpc) is 2.60. The van der Waals surface area contributed by atoms with Crippen molar-refractivity contribution in [3.05, 3.63) is 72.8 Å².